The molecule has 0 bridgehead atoms. The summed E-state index contributed by atoms with van der Waals surface area (Å²) in [6, 6.07) is 30.0. The lowest BCUT2D eigenvalue weighted by Crippen LogP contribution is -1.89. The number of anilines is 2. The topological polar surface area (TPSA) is 12.0 Å². The molecule has 1 aromatic heterocycles. The lowest BCUT2D eigenvalue weighted by Gasteiger charge is -2.08. The van der Waals surface area contributed by atoms with Gasteiger partial charge < -0.3 is 5.32 Å². The fraction of sp³-hybridized carbons (Fsp3) is 0. The van der Waals surface area contributed by atoms with Crippen molar-refractivity contribution in [1.82, 2.24) is 0 Å². The third-order valence-electron chi connectivity index (χ3n) is 4.42. The number of benzene rings is 4. The van der Waals surface area contributed by atoms with Crippen LogP contribution in [0.1, 0.15) is 0 Å². The Balaban J connectivity index is 1.73. The van der Waals surface area contributed by atoms with Crippen molar-refractivity contribution in [1.29, 1.82) is 0 Å². The number of hydrogen-bond donors (Lipinski definition) is 1. The lowest BCUT2D eigenvalue weighted by atomic mass is 10.1. The zero-order valence-corrected chi connectivity index (χ0v) is 13.8. The molecule has 0 aliphatic heterocycles. The molecule has 5 aromatic rings. The second kappa shape index (κ2) is 5.36. The molecule has 1 heterocycles. The summed E-state index contributed by atoms with van der Waals surface area (Å²) in [4.78, 5) is 0. The van der Waals surface area contributed by atoms with Crippen LogP contribution in [-0.4, -0.2) is 0 Å². The lowest BCUT2D eigenvalue weighted by molar-refractivity contribution is 1.57. The second-order valence-corrected chi connectivity index (χ2v) is 7.02. The van der Waals surface area contributed by atoms with Gasteiger partial charge in [0.2, 0.25) is 0 Å². The fourth-order valence-electron chi connectivity index (χ4n) is 3.27. The van der Waals surface area contributed by atoms with Crippen molar-refractivity contribution < 1.29 is 0 Å². The van der Waals surface area contributed by atoms with Gasteiger partial charge in [0.05, 0.1) is 0 Å². The van der Waals surface area contributed by atoms with E-state index in [1.54, 1.807) is 0 Å². The molecule has 114 valence electrons. The van der Waals surface area contributed by atoms with E-state index in [1.807, 2.05) is 29.5 Å². The van der Waals surface area contributed by atoms with Gasteiger partial charge in [-0.3, -0.25) is 0 Å². The second-order valence-electron chi connectivity index (χ2n) is 5.97. The number of hydrogen-bond acceptors (Lipinski definition) is 2. The highest BCUT2D eigenvalue weighted by Gasteiger charge is 2.08. The molecule has 2 heteroatoms. The molecule has 0 saturated heterocycles. The first-order valence-electron chi connectivity index (χ1n) is 8.04. The third kappa shape index (κ3) is 2.15. The molecule has 0 atom stereocenters. The summed E-state index contributed by atoms with van der Waals surface area (Å²) < 4.78 is 2.71. The number of para-hydroxylation sites is 1. The van der Waals surface area contributed by atoms with E-state index < -0.39 is 0 Å². The number of rotatable bonds is 2. The van der Waals surface area contributed by atoms with Crippen LogP contribution in [0.5, 0.6) is 0 Å². The third-order valence-corrected chi connectivity index (χ3v) is 5.64. The van der Waals surface area contributed by atoms with Crippen LogP contribution in [0.15, 0.2) is 84.9 Å². The molecule has 1 nitrogen and oxygen atoms in total. The van der Waals surface area contributed by atoms with Crippen LogP contribution in [0.4, 0.5) is 11.4 Å². The highest BCUT2D eigenvalue weighted by molar-refractivity contribution is 7.26. The minimum atomic E-state index is 1.11. The van der Waals surface area contributed by atoms with E-state index in [1.165, 1.54) is 30.9 Å². The van der Waals surface area contributed by atoms with Gasteiger partial charge in [-0.15, -0.1) is 11.3 Å². The van der Waals surface area contributed by atoms with Crippen molar-refractivity contribution in [3.63, 3.8) is 0 Å². The zero-order chi connectivity index (χ0) is 15.9. The molecule has 0 fully saturated rings. The van der Waals surface area contributed by atoms with E-state index in [-0.39, 0.29) is 0 Å². The van der Waals surface area contributed by atoms with Gasteiger partial charge in [-0.05, 0) is 35.7 Å². The van der Waals surface area contributed by atoms with E-state index in [4.69, 9.17) is 0 Å². The quantitative estimate of drug-likeness (QED) is 0.370. The normalized spacial score (nSPS) is 11.3. The van der Waals surface area contributed by atoms with Gasteiger partial charge in [0.25, 0.3) is 0 Å². The monoisotopic (exact) mass is 325 g/mol. The fourth-order valence-corrected chi connectivity index (χ4v) is 4.50. The van der Waals surface area contributed by atoms with Gasteiger partial charge in [-0.2, -0.15) is 0 Å². The van der Waals surface area contributed by atoms with Crippen LogP contribution in [0.2, 0.25) is 0 Å². The van der Waals surface area contributed by atoms with Crippen LogP contribution < -0.4 is 5.32 Å². The van der Waals surface area contributed by atoms with Crippen LogP contribution in [0.3, 0.4) is 0 Å². The summed E-state index contributed by atoms with van der Waals surface area (Å²) in [5.41, 5.74) is 2.24. The maximum Gasteiger partial charge on any atom is 0.0434 e. The summed E-state index contributed by atoms with van der Waals surface area (Å²) in [6.45, 7) is 0. The summed E-state index contributed by atoms with van der Waals surface area (Å²) >= 11 is 1.88. The van der Waals surface area contributed by atoms with Gasteiger partial charge in [0, 0.05) is 36.9 Å². The first-order valence-corrected chi connectivity index (χ1v) is 8.86. The van der Waals surface area contributed by atoms with Gasteiger partial charge in [-0.1, -0.05) is 54.6 Å². The first-order chi connectivity index (χ1) is 11.9. The Morgan fingerprint density at radius 3 is 2.29 bits per heavy atom. The Morgan fingerprint density at radius 2 is 1.38 bits per heavy atom. The molecule has 0 amide bonds. The molecule has 0 radical (unpaired) electrons. The number of nitrogens with one attached hydrogen (secondary N) is 1. The molecule has 5 rings (SSSR count). The summed E-state index contributed by atoms with van der Waals surface area (Å²) in [6.07, 6.45) is 0. The van der Waals surface area contributed by atoms with E-state index >= 15 is 0 Å². The average Bonchev–Trinajstić information content (AvgIpc) is 3.02. The van der Waals surface area contributed by atoms with Gasteiger partial charge in [0.1, 0.15) is 0 Å². The first kappa shape index (κ1) is 13.6. The van der Waals surface area contributed by atoms with Crippen molar-refractivity contribution in [3.05, 3.63) is 84.9 Å². The molecule has 0 saturated carbocycles. The van der Waals surface area contributed by atoms with Gasteiger partial charge in [0.15, 0.2) is 0 Å². The van der Waals surface area contributed by atoms with E-state index in [9.17, 15) is 0 Å². The van der Waals surface area contributed by atoms with Crippen LogP contribution in [0.25, 0.3) is 30.9 Å². The molecule has 0 aliphatic carbocycles. The van der Waals surface area contributed by atoms with E-state index in [0.29, 0.717) is 0 Å². The summed E-state index contributed by atoms with van der Waals surface area (Å²) in [7, 11) is 0. The summed E-state index contributed by atoms with van der Waals surface area (Å²) in [5.74, 6) is 0. The molecular weight excluding hydrogens is 310 g/mol. The molecule has 1 N–H and O–H groups in total. The molecule has 4 aromatic carbocycles. The Hall–Kier alpha value is -2.84. The largest absolute Gasteiger partial charge is 0.356 e. The average molecular weight is 325 g/mol. The predicted molar refractivity (Wildman–Crippen MR) is 107 cm³/mol. The van der Waals surface area contributed by atoms with Crippen LogP contribution in [-0.2, 0) is 0 Å². The zero-order valence-electron chi connectivity index (χ0n) is 13.0. The molecule has 0 spiro atoms. The molecule has 24 heavy (non-hydrogen) atoms. The smallest absolute Gasteiger partial charge is 0.0434 e. The maximum atomic E-state index is 3.50. The number of fused-ring (bicyclic) bond motifs is 5. The Morgan fingerprint density at radius 1 is 0.583 bits per heavy atom. The van der Waals surface area contributed by atoms with E-state index in [2.05, 4.69) is 72.0 Å². The van der Waals surface area contributed by atoms with Crippen molar-refractivity contribution >= 4 is 53.7 Å². The van der Waals surface area contributed by atoms with E-state index in [0.717, 1.165) is 11.4 Å². The minimum absolute atomic E-state index is 1.11. The molecular formula is C22H15NS. The van der Waals surface area contributed by atoms with Gasteiger partial charge >= 0.3 is 0 Å². The molecule has 0 unspecified atom stereocenters. The van der Waals surface area contributed by atoms with Crippen LogP contribution in [0, 0.1) is 0 Å². The highest BCUT2D eigenvalue weighted by atomic mass is 32.1. The standard InChI is InChI=1S/C22H15NS/c1-2-6-16(7-3-1)23-17-12-10-15-11-13-19-18-8-4-5-9-21(18)24-22(19)20(15)14-17/h1-14,23H. The SMILES string of the molecule is c1ccc(Nc2ccc3ccc4c5ccccc5sc4c3c2)cc1. The molecule has 0 aliphatic rings. The number of thiophene rings is 1. The van der Waals surface area contributed by atoms with Crippen molar-refractivity contribution in [2.45, 2.75) is 0 Å². The van der Waals surface area contributed by atoms with Crippen molar-refractivity contribution in [2.24, 2.45) is 0 Å². The van der Waals surface area contributed by atoms with Gasteiger partial charge in [-0.25, -0.2) is 0 Å². The Labute approximate surface area is 144 Å². The van der Waals surface area contributed by atoms with Crippen LogP contribution >= 0.6 is 11.3 Å². The van der Waals surface area contributed by atoms with Crippen molar-refractivity contribution in [2.75, 3.05) is 5.32 Å². The Kier molecular flexibility index (Phi) is 3.03. The summed E-state index contributed by atoms with van der Waals surface area (Å²) in [5, 5.41) is 8.79. The maximum absolute atomic E-state index is 3.50. The minimum Gasteiger partial charge on any atom is -0.356 e. The Bertz CT molecular complexity index is 1170. The highest BCUT2D eigenvalue weighted by Crippen LogP contribution is 2.39. The van der Waals surface area contributed by atoms with Crippen molar-refractivity contribution in [3.8, 4) is 0 Å². The predicted octanol–water partition coefficient (Wildman–Crippen LogP) is 6.95.